The number of benzene rings is 1. The van der Waals surface area contributed by atoms with Crippen molar-refractivity contribution < 1.29 is 14.5 Å². The van der Waals surface area contributed by atoms with Gasteiger partial charge in [-0.2, -0.15) is 0 Å². The zero-order chi connectivity index (χ0) is 13.4. The van der Waals surface area contributed by atoms with Gasteiger partial charge in [-0.15, -0.1) is 0 Å². The molecule has 0 N–H and O–H groups in total. The molecule has 0 bridgehead atoms. The highest BCUT2D eigenvalue weighted by molar-refractivity contribution is 6.30. The topological polar surface area (TPSA) is 80.5 Å². The first-order valence-electron chi connectivity index (χ1n) is 5.24. The summed E-state index contributed by atoms with van der Waals surface area (Å²) in [5.41, 5.74) is 0.767. The molecule has 92 valence electrons. The molecule has 0 fully saturated rings. The molecule has 6 nitrogen and oxygen atoms in total. The lowest BCUT2D eigenvalue weighted by Crippen LogP contribution is -2.31. The van der Waals surface area contributed by atoms with Gasteiger partial charge in [0.1, 0.15) is 0 Å². The molecule has 2 rings (SSSR count). The summed E-state index contributed by atoms with van der Waals surface area (Å²) in [4.78, 5) is 34.7. The van der Waals surface area contributed by atoms with Crippen LogP contribution in [0, 0.1) is 17.0 Å². The second-order valence-corrected chi connectivity index (χ2v) is 3.98. The van der Waals surface area contributed by atoms with E-state index in [4.69, 9.17) is 0 Å². The summed E-state index contributed by atoms with van der Waals surface area (Å²) < 4.78 is 0. The maximum Gasteiger partial charge on any atom is 0.274 e. The van der Waals surface area contributed by atoms with Gasteiger partial charge in [0.15, 0.2) is 0 Å². The van der Waals surface area contributed by atoms with Crippen LogP contribution in [-0.4, -0.2) is 16.7 Å². The van der Waals surface area contributed by atoms with Gasteiger partial charge < -0.3 is 0 Å². The lowest BCUT2D eigenvalue weighted by atomic mass is 10.1. The van der Waals surface area contributed by atoms with Gasteiger partial charge >= 0.3 is 0 Å². The Morgan fingerprint density at radius 3 is 2.39 bits per heavy atom. The van der Waals surface area contributed by atoms with Crippen molar-refractivity contribution in [3.05, 3.63) is 45.5 Å². The standard InChI is InChI=1S/C12H10N2O4/c1-7-6-11(15)13(12(7)16)9-4-3-5-10(8(9)2)14(17)18/h3-6H,1-2H3. The monoisotopic (exact) mass is 246 g/mol. The number of carbonyl (C=O) groups is 2. The molecule has 0 saturated carbocycles. The highest BCUT2D eigenvalue weighted by Gasteiger charge is 2.32. The summed E-state index contributed by atoms with van der Waals surface area (Å²) in [5, 5.41) is 10.8. The maximum atomic E-state index is 11.8. The maximum absolute atomic E-state index is 11.8. The Kier molecular flexibility index (Phi) is 2.70. The van der Waals surface area contributed by atoms with Crippen LogP contribution in [0.5, 0.6) is 0 Å². The molecule has 1 aromatic rings. The Hall–Kier alpha value is -2.50. The predicted octanol–water partition coefficient (Wildman–Crippen LogP) is 1.72. The number of rotatable bonds is 2. The van der Waals surface area contributed by atoms with E-state index >= 15 is 0 Å². The Labute approximate surface area is 103 Å². The lowest BCUT2D eigenvalue weighted by molar-refractivity contribution is -0.385. The van der Waals surface area contributed by atoms with Crippen molar-refractivity contribution in [1.29, 1.82) is 0 Å². The molecule has 18 heavy (non-hydrogen) atoms. The largest absolute Gasteiger partial charge is 0.274 e. The van der Waals surface area contributed by atoms with E-state index in [9.17, 15) is 19.7 Å². The third kappa shape index (κ3) is 1.67. The molecule has 6 heteroatoms. The molecular formula is C12H10N2O4. The van der Waals surface area contributed by atoms with Gasteiger partial charge in [-0.3, -0.25) is 19.7 Å². The molecule has 1 aliphatic heterocycles. The normalized spacial score (nSPS) is 15.0. The molecule has 0 saturated heterocycles. The summed E-state index contributed by atoms with van der Waals surface area (Å²) in [5.74, 6) is -0.912. The SMILES string of the molecule is CC1=CC(=O)N(c2cccc([N+](=O)[O-])c2C)C1=O. The molecule has 1 aromatic carbocycles. The van der Waals surface area contributed by atoms with E-state index in [1.54, 1.807) is 0 Å². The van der Waals surface area contributed by atoms with Gasteiger partial charge in [-0.25, -0.2) is 4.90 Å². The Morgan fingerprint density at radius 1 is 1.22 bits per heavy atom. The molecule has 1 aliphatic rings. The van der Waals surface area contributed by atoms with E-state index < -0.39 is 16.7 Å². The number of carbonyl (C=O) groups excluding carboxylic acids is 2. The van der Waals surface area contributed by atoms with Gasteiger partial charge in [-0.1, -0.05) is 6.07 Å². The summed E-state index contributed by atoms with van der Waals surface area (Å²) >= 11 is 0. The van der Waals surface area contributed by atoms with Crippen LogP contribution in [0.4, 0.5) is 11.4 Å². The van der Waals surface area contributed by atoms with Crippen LogP contribution in [0.25, 0.3) is 0 Å². The summed E-state index contributed by atoms with van der Waals surface area (Å²) in [6.45, 7) is 3.05. The summed E-state index contributed by atoms with van der Waals surface area (Å²) in [6, 6.07) is 4.31. The lowest BCUT2D eigenvalue weighted by Gasteiger charge is -2.16. The quantitative estimate of drug-likeness (QED) is 0.452. The molecule has 0 unspecified atom stereocenters. The number of anilines is 1. The van der Waals surface area contributed by atoms with E-state index in [2.05, 4.69) is 0 Å². The van der Waals surface area contributed by atoms with Crippen molar-refractivity contribution >= 4 is 23.2 Å². The molecular weight excluding hydrogens is 236 g/mol. The van der Waals surface area contributed by atoms with Crippen LogP contribution < -0.4 is 4.90 Å². The van der Waals surface area contributed by atoms with Crippen LogP contribution in [-0.2, 0) is 9.59 Å². The first kappa shape index (κ1) is 12.0. The van der Waals surface area contributed by atoms with Gasteiger partial charge in [0, 0.05) is 17.7 Å². The van der Waals surface area contributed by atoms with Crippen molar-refractivity contribution in [1.82, 2.24) is 0 Å². The minimum Gasteiger partial charge on any atom is -0.269 e. The van der Waals surface area contributed by atoms with Crippen molar-refractivity contribution in [3.63, 3.8) is 0 Å². The van der Waals surface area contributed by atoms with E-state index in [0.29, 0.717) is 11.1 Å². The van der Waals surface area contributed by atoms with E-state index in [1.165, 1.54) is 38.1 Å². The molecule has 1 heterocycles. The summed E-state index contributed by atoms with van der Waals surface area (Å²) in [6.07, 6.45) is 1.22. The van der Waals surface area contributed by atoms with Gasteiger partial charge in [-0.05, 0) is 19.9 Å². The van der Waals surface area contributed by atoms with E-state index in [1.807, 2.05) is 0 Å². The van der Waals surface area contributed by atoms with Crippen molar-refractivity contribution in [2.45, 2.75) is 13.8 Å². The Balaban J connectivity index is 2.54. The Morgan fingerprint density at radius 2 is 1.89 bits per heavy atom. The second-order valence-electron chi connectivity index (χ2n) is 3.98. The molecule has 0 spiro atoms. The summed E-state index contributed by atoms with van der Waals surface area (Å²) in [7, 11) is 0. The number of nitro benzene ring substituents is 1. The number of hydrogen-bond acceptors (Lipinski definition) is 4. The third-order valence-corrected chi connectivity index (χ3v) is 2.82. The number of hydrogen-bond donors (Lipinski definition) is 0. The highest BCUT2D eigenvalue weighted by Crippen LogP contribution is 2.31. The zero-order valence-corrected chi connectivity index (χ0v) is 9.84. The third-order valence-electron chi connectivity index (χ3n) is 2.82. The van der Waals surface area contributed by atoms with Crippen LogP contribution in [0.1, 0.15) is 12.5 Å². The highest BCUT2D eigenvalue weighted by atomic mass is 16.6. The molecule has 0 aromatic heterocycles. The van der Waals surface area contributed by atoms with Crippen molar-refractivity contribution in [2.24, 2.45) is 0 Å². The van der Waals surface area contributed by atoms with Crippen LogP contribution >= 0.6 is 0 Å². The zero-order valence-electron chi connectivity index (χ0n) is 9.84. The molecule has 0 radical (unpaired) electrons. The van der Waals surface area contributed by atoms with E-state index in [-0.39, 0.29) is 11.4 Å². The second kappa shape index (κ2) is 4.06. The minimum atomic E-state index is -0.538. The van der Waals surface area contributed by atoms with Crippen LogP contribution in [0.2, 0.25) is 0 Å². The fraction of sp³-hybridized carbons (Fsp3) is 0.167. The van der Waals surface area contributed by atoms with Crippen molar-refractivity contribution in [2.75, 3.05) is 4.90 Å². The molecule has 0 atom stereocenters. The van der Waals surface area contributed by atoms with Gasteiger partial charge in [0.2, 0.25) is 0 Å². The first-order chi connectivity index (χ1) is 8.43. The fourth-order valence-electron chi connectivity index (χ4n) is 1.87. The first-order valence-corrected chi connectivity index (χ1v) is 5.24. The molecule has 2 amide bonds. The Bertz CT molecular complexity index is 604. The smallest absolute Gasteiger partial charge is 0.269 e. The molecule has 0 aliphatic carbocycles. The van der Waals surface area contributed by atoms with Crippen LogP contribution in [0.3, 0.4) is 0 Å². The average Bonchev–Trinajstić information content (AvgIpc) is 2.54. The minimum absolute atomic E-state index is 0.113. The number of imide groups is 1. The van der Waals surface area contributed by atoms with E-state index in [0.717, 1.165) is 4.90 Å². The fourth-order valence-corrected chi connectivity index (χ4v) is 1.87. The predicted molar refractivity (Wildman–Crippen MR) is 64.1 cm³/mol. The van der Waals surface area contributed by atoms with Crippen molar-refractivity contribution in [3.8, 4) is 0 Å². The van der Waals surface area contributed by atoms with Crippen LogP contribution in [0.15, 0.2) is 29.8 Å². The average molecular weight is 246 g/mol. The van der Waals surface area contributed by atoms with Gasteiger partial charge in [0.25, 0.3) is 17.5 Å². The number of amides is 2. The van der Waals surface area contributed by atoms with Gasteiger partial charge in [0.05, 0.1) is 16.2 Å². The number of nitrogens with zero attached hydrogens (tertiary/aromatic N) is 2. The number of nitro groups is 1.